The molecule has 128 valence electrons. The van der Waals surface area contributed by atoms with Crippen LogP contribution in [0.1, 0.15) is 17.0 Å². The number of carbonyl (C=O) groups excluding carboxylic acids is 1. The molecule has 3 rings (SSSR count). The molecule has 1 aliphatic rings. The molecule has 1 atom stereocenters. The van der Waals surface area contributed by atoms with Crippen molar-refractivity contribution in [2.75, 3.05) is 19.3 Å². The summed E-state index contributed by atoms with van der Waals surface area (Å²) in [6, 6.07) is 17.3. The van der Waals surface area contributed by atoms with E-state index in [0.29, 0.717) is 5.57 Å². The second kappa shape index (κ2) is 7.57. The van der Waals surface area contributed by atoms with Gasteiger partial charge in [0.2, 0.25) is 0 Å². The zero-order valence-corrected chi connectivity index (χ0v) is 14.7. The Labute approximate surface area is 151 Å². The van der Waals surface area contributed by atoms with E-state index in [4.69, 9.17) is 0 Å². The molecule has 2 aromatic carbocycles. The normalized spacial score (nSPS) is 19.2. The van der Waals surface area contributed by atoms with E-state index in [1.165, 1.54) is 4.90 Å². The summed E-state index contributed by atoms with van der Waals surface area (Å²) >= 11 is 1.65. The van der Waals surface area contributed by atoms with Crippen LogP contribution in [0.3, 0.4) is 0 Å². The van der Waals surface area contributed by atoms with Gasteiger partial charge in [-0.15, -0.1) is 11.8 Å². The number of nitrogens with zero attached hydrogens (tertiary/aromatic N) is 1. The highest BCUT2D eigenvalue weighted by Gasteiger charge is 2.34. The number of hydrogen-bond acceptors (Lipinski definition) is 3. The van der Waals surface area contributed by atoms with Gasteiger partial charge < -0.3 is 10.0 Å². The maximum absolute atomic E-state index is 12.9. The highest BCUT2D eigenvalue weighted by molar-refractivity contribution is 7.98. The molecule has 1 fully saturated rings. The van der Waals surface area contributed by atoms with Crippen molar-refractivity contribution in [1.29, 1.82) is 0 Å². The standard InChI is InChI=1S/C20H19NO3S/c1-25-17-9-7-14(8-10-17)11-16-12-21(20(23)24)13-18(19(16)22)15-5-3-2-4-6-15/h2-11,18H,12-13H2,1H3,(H,23,24)/b16-11+. The molecule has 1 N–H and O–H groups in total. The van der Waals surface area contributed by atoms with E-state index in [-0.39, 0.29) is 18.9 Å². The highest BCUT2D eigenvalue weighted by atomic mass is 32.2. The third-order valence-corrected chi connectivity index (χ3v) is 5.07. The van der Waals surface area contributed by atoms with Crippen molar-refractivity contribution >= 4 is 29.7 Å². The first-order chi connectivity index (χ1) is 12.1. The zero-order valence-electron chi connectivity index (χ0n) is 13.9. The predicted octanol–water partition coefficient (Wildman–Crippen LogP) is 4.14. The van der Waals surface area contributed by atoms with Crippen molar-refractivity contribution in [2.45, 2.75) is 10.8 Å². The Kier molecular flexibility index (Phi) is 5.24. The summed E-state index contributed by atoms with van der Waals surface area (Å²) in [5, 5.41) is 9.43. The molecule has 0 aromatic heterocycles. The van der Waals surface area contributed by atoms with Gasteiger partial charge >= 0.3 is 6.09 Å². The summed E-state index contributed by atoms with van der Waals surface area (Å²) in [6.45, 7) is 0.322. The van der Waals surface area contributed by atoms with Gasteiger partial charge in [0.1, 0.15) is 0 Å². The van der Waals surface area contributed by atoms with Crippen LogP contribution in [0, 0.1) is 0 Å². The lowest BCUT2D eigenvalue weighted by atomic mass is 9.86. The molecule has 1 aliphatic heterocycles. The lowest BCUT2D eigenvalue weighted by molar-refractivity contribution is -0.118. The Morgan fingerprint density at radius 2 is 1.84 bits per heavy atom. The molecule has 5 heteroatoms. The molecule has 1 unspecified atom stereocenters. The molecule has 1 amide bonds. The second-order valence-electron chi connectivity index (χ2n) is 5.93. The van der Waals surface area contributed by atoms with Crippen LogP contribution < -0.4 is 0 Å². The zero-order chi connectivity index (χ0) is 17.8. The number of Topliss-reactive ketones (excluding diaryl/α,β-unsaturated/α-hetero) is 1. The third-order valence-electron chi connectivity index (χ3n) is 4.33. The number of ketones is 1. The second-order valence-corrected chi connectivity index (χ2v) is 6.81. The molecule has 1 heterocycles. The maximum Gasteiger partial charge on any atom is 0.407 e. The van der Waals surface area contributed by atoms with Crippen molar-refractivity contribution in [3.05, 3.63) is 71.3 Å². The van der Waals surface area contributed by atoms with E-state index in [9.17, 15) is 14.7 Å². The number of carboxylic acid groups (broad SMARTS) is 1. The molecule has 0 spiro atoms. The van der Waals surface area contributed by atoms with Crippen LogP contribution in [0.4, 0.5) is 4.79 Å². The molecule has 2 aromatic rings. The van der Waals surface area contributed by atoms with Gasteiger partial charge in [0.25, 0.3) is 0 Å². The molecule has 0 saturated carbocycles. The van der Waals surface area contributed by atoms with Crippen LogP contribution in [0.5, 0.6) is 0 Å². The number of benzene rings is 2. The molecule has 4 nitrogen and oxygen atoms in total. The van der Waals surface area contributed by atoms with Gasteiger partial charge in [0.15, 0.2) is 5.78 Å². The molecular formula is C20H19NO3S. The van der Waals surface area contributed by atoms with E-state index in [1.54, 1.807) is 17.8 Å². The minimum atomic E-state index is -1.00. The fraction of sp³-hybridized carbons (Fsp3) is 0.200. The first-order valence-corrected chi connectivity index (χ1v) is 9.22. The molecule has 25 heavy (non-hydrogen) atoms. The van der Waals surface area contributed by atoms with E-state index in [1.807, 2.05) is 60.9 Å². The van der Waals surface area contributed by atoms with Crippen molar-refractivity contribution in [3.8, 4) is 0 Å². The predicted molar refractivity (Wildman–Crippen MR) is 100.0 cm³/mol. The number of thioether (sulfide) groups is 1. The molecule has 1 saturated heterocycles. The van der Waals surface area contributed by atoms with Crippen LogP contribution in [-0.4, -0.2) is 41.2 Å². The smallest absolute Gasteiger partial charge is 0.407 e. The molecular weight excluding hydrogens is 334 g/mol. The van der Waals surface area contributed by atoms with Crippen LogP contribution in [-0.2, 0) is 4.79 Å². The van der Waals surface area contributed by atoms with E-state index >= 15 is 0 Å². The first kappa shape index (κ1) is 17.3. The quantitative estimate of drug-likeness (QED) is 0.666. The summed E-state index contributed by atoms with van der Waals surface area (Å²) in [7, 11) is 0. The lowest BCUT2D eigenvalue weighted by Gasteiger charge is -2.31. The summed E-state index contributed by atoms with van der Waals surface area (Å²) in [5.74, 6) is -0.458. The summed E-state index contributed by atoms with van der Waals surface area (Å²) in [5.41, 5.74) is 2.28. The third kappa shape index (κ3) is 3.94. The topological polar surface area (TPSA) is 57.6 Å². The largest absolute Gasteiger partial charge is 0.465 e. The van der Waals surface area contributed by atoms with Crippen molar-refractivity contribution in [3.63, 3.8) is 0 Å². The van der Waals surface area contributed by atoms with Crippen molar-refractivity contribution < 1.29 is 14.7 Å². The van der Waals surface area contributed by atoms with Crippen LogP contribution in [0.2, 0.25) is 0 Å². The minimum absolute atomic E-state index is 0.00218. The Hall–Kier alpha value is -2.53. The molecule has 0 aliphatic carbocycles. The molecule has 0 bridgehead atoms. The average molecular weight is 353 g/mol. The summed E-state index contributed by atoms with van der Waals surface area (Å²) in [6.07, 6.45) is 2.81. The Balaban J connectivity index is 1.94. The maximum atomic E-state index is 12.9. The van der Waals surface area contributed by atoms with Gasteiger partial charge in [-0.3, -0.25) is 4.79 Å². The summed E-state index contributed by atoms with van der Waals surface area (Å²) < 4.78 is 0. The number of rotatable bonds is 3. The number of hydrogen-bond donors (Lipinski definition) is 1. The molecule has 0 radical (unpaired) electrons. The average Bonchev–Trinajstić information content (AvgIpc) is 2.64. The number of carbonyl (C=O) groups is 2. The van der Waals surface area contributed by atoms with Crippen LogP contribution >= 0.6 is 11.8 Å². The minimum Gasteiger partial charge on any atom is -0.465 e. The van der Waals surface area contributed by atoms with Gasteiger partial charge in [-0.2, -0.15) is 0 Å². The van der Waals surface area contributed by atoms with E-state index < -0.39 is 12.0 Å². The monoisotopic (exact) mass is 353 g/mol. The van der Waals surface area contributed by atoms with Gasteiger partial charge in [-0.1, -0.05) is 42.5 Å². The fourth-order valence-electron chi connectivity index (χ4n) is 2.98. The van der Waals surface area contributed by atoms with Crippen molar-refractivity contribution in [2.24, 2.45) is 0 Å². The van der Waals surface area contributed by atoms with E-state index in [2.05, 4.69) is 0 Å². The SMILES string of the molecule is CSc1ccc(/C=C2\CN(C(=O)O)CC(c3ccccc3)C2=O)cc1. The Morgan fingerprint density at radius 1 is 1.16 bits per heavy atom. The van der Waals surface area contributed by atoms with Gasteiger partial charge in [-0.25, -0.2) is 4.79 Å². The number of piperidine rings is 1. The van der Waals surface area contributed by atoms with E-state index in [0.717, 1.165) is 16.0 Å². The Morgan fingerprint density at radius 3 is 2.44 bits per heavy atom. The van der Waals surface area contributed by atoms with Crippen LogP contribution in [0.15, 0.2) is 65.1 Å². The summed E-state index contributed by atoms with van der Waals surface area (Å²) in [4.78, 5) is 26.9. The number of likely N-dealkylation sites (tertiary alicyclic amines) is 1. The fourth-order valence-corrected chi connectivity index (χ4v) is 3.39. The van der Waals surface area contributed by atoms with Crippen LogP contribution in [0.25, 0.3) is 6.08 Å². The Bertz CT molecular complexity index is 799. The van der Waals surface area contributed by atoms with Gasteiger partial charge in [0.05, 0.1) is 12.5 Å². The highest BCUT2D eigenvalue weighted by Crippen LogP contribution is 2.28. The van der Waals surface area contributed by atoms with Crippen molar-refractivity contribution in [1.82, 2.24) is 4.90 Å². The lowest BCUT2D eigenvalue weighted by Crippen LogP contribution is -2.43. The number of amides is 1. The van der Waals surface area contributed by atoms with Gasteiger partial charge in [0, 0.05) is 17.0 Å². The van der Waals surface area contributed by atoms with Gasteiger partial charge in [-0.05, 0) is 35.6 Å². The first-order valence-electron chi connectivity index (χ1n) is 8.00.